The summed E-state index contributed by atoms with van der Waals surface area (Å²) in [6, 6.07) is 8.90. The molecular weight excluding hydrogens is 362 g/mol. The summed E-state index contributed by atoms with van der Waals surface area (Å²) in [5.74, 6) is -0.350. The highest BCUT2D eigenvalue weighted by atomic mass is 35.5. The number of hydrogen-bond acceptors (Lipinski definition) is 5. The van der Waals surface area contributed by atoms with Crippen molar-refractivity contribution in [3.8, 4) is 5.75 Å². The van der Waals surface area contributed by atoms with Crippen LogP contribution in [0.5, 0.6) is 5.75 Å². The molecule has 1 aromatic heterocycles. The Bertz CT molecular complexity index is 718. The maximum absolute atomic E-state index is 12.2. The zero-order chi connectivity index (χ0) is 18.2. The van der Waals surface area contributed by atoms with Crippen LogP contribution >= 0.6 is 22.9 Å². The second-order valence-electron chi connectivity index (χ2n) is 5.40. The number of carbonyl (C=O) groups excluding carboxylic acids is 2. The van der Waals surface area contributed by atoms with E-state index in [0.29, 0.717) is 22.9 Å². The normalized spacial score (nSPS) is 11.6. The van der Waals surface area contributed by atoms with E-state index in [1.54, 1.807) is 29.5 Å². The number of amides is 1. The van der Waals surface area contributed by atoms with E-state index in [-0.39, 0.29) is 6.42 Å². The molecule has 1 atom stereocenters. The molecule has 25 heavy (non-hydrogen) atoms. The molecule has 0 fully saturated rings. The minimum Gasteiger partial charge on any atom is -0.495 e. The van der Waals surface area contributed by atoms with Crippen molar-refractivity contribution in [1.82, 2.24) is 0 Å². The quantitative estimate of drug-likeness (QED) is 0.692. The van der Waals surface area contributed by atoms with Gasteiger partial charge in [-0.25, -0.2) is 0 Å². The topological polar surface area (TPSA) is 64.6 Å². The minimum atomic E-state index is -0.905. The van der Waals surface area contributed by atoms with E-state index in [4.69, 9.17) is 21.1 Å². The fraction of sp³-hybridized carbons (Fsp3) is 0.333. The highest BCUT2D eigenvalue weighted by Gasteiger charge is 2.19. The molecule has 5 nitrogen and oxygen atoms in total. The summed E-state index contributed by atoms with van der Waals surface area (Å²) in [7, 11) is 1.50. The number of ether oxygens (including phenoxy) is 2. The molecule has 134 valence electrons. The van der Waals surface area contributed by atoms with Crippen LogP contribution in [0.15, 0.2) is 35.7 Å². The molecular formula is C18H20ClNO4S. The van der Waals surface area contributed by atoms with E-state index >= 15 is 0 Å². The van der Waals surface area contributed by atoms with Gasteiger partial charge in [-0.15, -0.1) is 11.3 Å². The fourth-order valence-corrected chi connectivity index (χ4v) is 3.11. The van der Waals surface area contributed by atoms with Gasteiger partial charge in [0.2, 0.25) is 0 Å². The van der Waals surface area contributed by atoms with E-state index < -0.39 is 18.0 Å². The van der Waals surface area contributed by atoms with Gasteiger partial charge >= 0.3 is 5.97 Å². The Morgan fingerprint density at radius 3 is 2.80 bits per heavy atom. The molecule has 2 aromatic rings. The van der Waals surface area contributed by atoms with Gasteiger partial charge in [-0.2, -0.15) is 0 Å². The molecule has 1 heterocycles. The van der Waals surface area contributed by atoms with Crippen molar-refractivity contribution in [1.29, 1.82) is 0 Å². The van der Waals surface area contributed by atoms with Crippen molar-refractivity contribution in [3.05, 3.63) is 45.6 Å². The van der Waals surface area contributed by atoms with Gasteiger partial charge in [0.25, 0.3) is 5.91 Å². The van der Waals surface area contributed by atoms with Crippen molar-refractivity contribution < 1.29 is 19.1 Å². The van der Waals surface area contributed by atoms with Crippen molar-refractivity contribution in [2.75, 3.05) is 12.4 Å². The number of halogens is 1. The highest BCUT2D eigenvalue weighted by molar-refractivity contribution is 7.09. The van der Waals surface area contributed by atoms with Crippen LogP contribution in [0.3, 0.4) is 0 Å². The van der Waals surface area contributed by atoms with E-state index in [1.807, 2.05) is 17.5 Å². The number of esters is 1. The lowest BCUT2D eigenvalue weighted by atomic mass is 10.2. The number of nitrogens with one attached hydrogen (secondary N) is 1. The van der Waals surface area contributed by atoms with E-state index in [0.717, 1.165) is 6.42 Å². The molecule has 2 rings (SSSR count). The number of rotatable bonds is 8. The van der Waals surface area contributed by atoms with Crippen molar-refractivity contribution in [3.63, 3.8) is 0 Å². The van der Waals surface area contributed by atoms with Gasteiger partial charge in [0.1, 0.15) is 5.75 Å². The molecule has 7 heteroatoms. The van der Waals surface area contributed by atoms with Gasteiger partial charge < -0.3 is 14.8 Å². The summed E-state index contributed by atoms with van der Waals surface area (Å²) in [6.07, 6.45) is 0.886. The first-order chi connectivity index (χ1) is 12.0. The maximum atomic E-state index is 12.2. The molecule has 0 saturated heterocycles. The molecule has 1 aromatic carbocycles. The Labute approximate surface area is 155 Å². The molecule has 0 aliphatic carbocycles. The van der Waals surface area contributed by atoms with Crippen LogP contribution in [0.25, 0.3) is 0 Å². The smallest absolute Gasteiger partial charge is 0.306 e. The third kappa shape index (κ3) is 6.07. The number of benzene rings is 1. The Morgan fingerprint density at radius 1 is 1.32 bits per heavy atom. The lowest BCUT2D eigenvalue weighted by Gasteiger charge is -2.15. The van der Waals surface area contributed by atoms with Crippen LogP contribution in [0.1, 0.15) is 24.6 Å². The van der Waals surface area contributed by atoms with Gasteiger partial charge in [-0.1, -0.05) is 17.7 Å². The molecule has 1 amide bonds. The lowest BCUT2D eigenvalue weighted by Crippen LogP contribution is -2.30. The monoisotopic (exact) mass is 381 g/mol. The lowest BCUT2D eigenvalue weighted by molar-refractivity contribution is -0.153. The number of carbonyl (C=O) groups is 2. The molecule has 0 spiro atoms. The average Bonchev–Trinajstić information content (AvgIpc) is 3.08. The van der Waals surface area contributed by atoms with Crippen LogP contribution in [-0.4, -0.2) is 25.1 Å². The first-order valence-electron chi connectivity index (χ1n) is 7.86. The molecule has 1 N–H and O–H groups in total. The Kier molecular flexibility index (Phi) is 7.28. The van der Waals surface area contributed by atoms with Gasteiger partial charge in [-0.05, 0) is 49.4 Å². The number of hydrogen-bond donors (Lipinski definition) is 1. The maximum Gasteiger partial charge on any atom is 0.306 e. The molecule has 0 bridgehead atoms. The predicted octanol–water partition coefficient (Wildman–Crippen LogP) is 4.30. The van der Waals surface area contributed by atoms with E-state index in [9.17, 15) is 9.59 Å². The first-order valence-corrected chi connectivity index (χ1v) is 9.11. The summed E-state index contributed by atoms with van der Waals surface area (Å²) < 4.78 is 10.4. The Morgan fingerprint density at radius 2 is 2.12 bits per heavy atom. The molecule has 0 aliphatic heterocycles. The summed E-state index contributed by atoms with van der Waals surface area (Å²) in [4.78, 5) is 25.3. The Balaban J connectivity index is 1.81. The van der Waals surface area contributed by atoms with Gasteiger partial charge in [0.05, 0.1) is 12.8 Å². The van der Waals surface area contributed by atoms with Crippen molar-refractivity contribution in [2.45, 2.75) is 32.3 Å². The van der Waals surface area contributed by atoms with Crippen LogP contribution in [0.2, 0.25) is 5.02 Å². The molecule has 0 aliphatic rings. The molecule has 0 unspecified atom stereocenters. The fourth-order valence-electron chi connectivity index (χ4n) is 2.18. The second-order valence-corrected chi connectivity index (χ2v) is 6.87. The third-order valence-electron chi connectivity index (χ3n) is 3.48. The van der Waals surface area contributed by atoms with Gasteiger partial charge in [0.15, 0.2) is 6.10 Å². The zero-order valence-corrected chi connectivity index (χ0v) is 15.7. The summed E-state index contributed by atoms with van der Waals surface area (Å²) in [6.45, 7) is 1.53. The summed E-state index contributed by atoms with van der Waals surface area (Å²) >= 11 is 7.59. The zero-order valence-electron chi connectivity index (χ0n) is 14.1. The van der Waals surface area contributed by atoms with E-state index in [2.05, 4.69) is 5.32 Å². The minimum absolute atomic E-state index is 0.274. The van der Waals surface area contributed by atoms with Crippen LogP contribution in [0, 0.1) is 0 Å². The Hall–Kier alpha value is -2.05. The first kappa shape index (κ1) is 19.3. The van der Waals surface area contributed by atoms with Crippen LogP contribution in [-0.2, 0) is 20.7 Å². The average molecular weight is 382 g/mol. The summed E-state index contributed by atoms with van der Waals surface area (Å²) in [5, 5.41) is 5.13. The summed E-state index contributed by atoms with van der Waals surface area (Å²) in [5.41, 5.74) is 0.431. The third-order valence-corrected chi connectivity index (χ3v) is 4.65. The van der Waals surface area contributed by atoms with Crippen molar-refractivity contribution in [2.24, 2.45) is 0 Å². The number of thiophene rings is 1. The number of aryl methyl sites for hydroxylation is 1. The number of anilines is 1. The molecule has 0 radical (unpaired) electrons. The SMILES string of the molecule is COc1ccc(Cl)cc1NC(=O)[C@H](C)OC(=O)CCCc1cccs1. The van der Waals surface area contributed by atoms with Crippen molar-refractivity contribution >= 4 is 40.5 Å². The van der Waals surface area contributed by atoms with Gasteiger partial charge in [-0.3, -0.25) is 9.59 Å². The second kappa shape index (κ2) is 9.44. The largest absolute Gasteiger partial charge is 0.495 e. The van der Waals surface area contributed by atoms with Crippen LogP contribution in [0.4, 0.5) is 5.69 Å². The van der Waals surface area contributed by atoms with Gasteiger partial charge in [0, 0.05) is 16.3 Å². The van der Waals surface area contributed by atoms with Crippen LogP contribution < -0.4 is 10.1 Å². The molecule has 0 saturated carbocycles. The standard InChI is InChI=1S/C18H20ClNO4S/c1-12(24-17(21)7-3-5-14-6-4-10-25-14)18(22)20-15-11-13(19)8-9-16(15)23-2/h4,6,8-12H,3,5,7H2,1-2H3,(H,20,22)/t12-/m0/s1. The number of methoxy groups -OCH3 is 1. The highest BCUT2D eigenvalue weighted by Crippen LogP contribution is 2.27. The van der Waals surface area contributed by atoms with E-state index in [1.165, 1.54) is 18.9 Å². The predicted molar refractivity (Wildman–Crippen MR) is 99.4 cm³/mol.